The van der Waals surface area contributed by atoms with Gasteiger partial charge in [-0.3, -0.25) is 9.59 Å². The Labute approximate surface area is 148 Å². The first kappa shape index (κ1) is 18.4. The molecule has 1 aromatic heterocycles. The third-order valence-electron chi connectivity index (χ3n) is 4.73. The van der Waals surface area contributed by atoms with E-state index in [1.807, 2.05) is 0 Å². The van der Waals surface area contributed by atoms with Gasteiger partial charge in [-0.1, -0.05) is 0 Å². The average molecular weight is 371 g/mol. The highest BCUT2D eigenvalue weighted by Crippen LogP contribution is 2.29. The van der Waals surface area contributed by atoms with E-state index in [1.165, 1.54) is 0 Å². The van der Waals surface area contributed by atoms with Gasteiger partial charge >= 0.3 is 6.18 Å². The molecule has 3 rings (SSSR count). The Kier molecular flexibility index (Phi) is 5.28. The predicted molar refractivity (Wildman–Crippen MR) is 86.1 cm³/mol. The number of carbonyl (C=O) groups excluding carboxylic acids is 2. The van der Waals surface area contributed by atoms with Crippen LogP contribution in [0.15, 0.2) is 12.4 Å². The number of aromatic nitrogens is 2. The molecule has 1 aromatic rings. The molecular formula is C16H20F3N5O2. The fraction of sp³-hybridized carbons (Fsp3) is 0.625. The van der Waals surface area contributed by atoms with Crippen LogP contribution in [0.3, 0.4) is 0 Å². The number of nitrogens with zero attached hydrogens (tertiary/aromatic N) is 3. The molecule has 2 amide bonds. The Hall–Kier alpha value is -2.39. The van der Waals surface area contributed by atoms with Crippen molar-refractivity contribution in [1.29, 1.82) is 0 Å². The van der Waals surface area contributed by atoms with E-state index in [0.29, 0.717) is 38.9 Å². The van der Waals surface area contributed by atoms with Crippen molar-refractivity contribution in [2.24, 2.45) is 5.92 Å². The van der Waals surface area contributed by atoms with E-state index in [2.05, 4.69) is 20.6 Å². The number of nitrogens with one attached hydrogen (secondary N) is 2. The zero-order valence-corrected chi connectivity index (χ0v) is 14.1. The lowest BCUT2D eigenvalue weighted by molar-refractivity contribution is -0.141. The summed E-state index contributed by atoms with van der Waals surface area (Å²) in [4.78, 5) is 32.6. The molecule has 0 bridgehead atoms. The van der Waals surface area contributed by atoms with Crippen LogP contribution in [0.1, 0.15) is 31.4 Å². The Morgan fingerprint density at radius 3 is 2.62 bits per heavy atom. The maximum Gasteiger partial charge on any atom is 0.433 e. The summed E-state index contributed by atoms with van der Waals surface area (Å²) in [6.07, 6.45) is -1.55. The molecule has 3 heterocycles. The zero-order chi connectivity index (χ0) is 18.7. The van der Waals surface area contributed by atoms with Gasteiger partial charge in [0, 0.05) is 44.1 Å². The first-order valence-corrected chi connectivity index (χ1v) is 8.54. The highest BCUT2D eigenvalue weighted by molar-refractivity contribution is 5.87. The standard InChI is InChI=1S/C16H20F3N5O2/c17-16(18,19)12-8-13(22-9-21-12)24-5-2-11(3-6-24)23-15(26)10-1-4-20-14(25)7-10/h8-11H,1-7H2,(H,20,25)(H,23,26)/t10-/m1/s1. The van der Waals surface area contributed by atoms with Crippen LogP contribution in [0.25, 0.3) is 0 Å². The van der Waals surface area contributed by atoms with Crippen molar-refractivity contribution in [3.05, 3.63) is 18.1 Å². The molecule has 2 aliphatic rings. The van der Waals surface area contributed by atoms with Gasteiger partial charge in [0.1, 0.15) is 17.8 Å². The lowest BCUT2D eigenvalue weighted by Crippen LogP contribution is -2.48. The van der Waals surface area contributed by atoms with Crippen LogP contribution in [0.4, 0.5) is 19.0 Å². The minimum Gasteiger partial charge on any atom is -0.356 e. The van der Waals surface area contributed by atoms with Gasteiger partial charge in [-0.15, -0.1) is 0 Å². The molecule has 2 fully saturated rings. The van der Waals surface area contributed by atoms with Gasteiger partial charge in [0.05, 0.1) is 0 Å². The molecule has 26 heavy (non-hydrogen) atoms. The summed E-state index contributed by atoms with van der Waals surface area (Å²) in [7, 11) is 0. The van der Waals surface area contributed by atoms with Crippen LogP contribution in [0.5, 0.6) is 0 Å². The van der Waals surface area contributed by atoms with Crippen molar-refractivity contribution in [1.82, 2.24) is 20.6 Å². The number of piperidine rings is 2. The van der Waals surface area contributed by atoms with E-state index in [0.717, 1.165) is 12.4 Å². The zero-order valence-electron chi connectivity index (χ0n) is 14.1. The van der Waals surface area contributed by atoms with E-state index < -0.39 is 11.9 Å². The summed E-state index contributed by atoms with van der Waals surface area (Å²) in [6, 6.07) is 0.896. The molecule has 1 atom stereocenters. The second kappa shape index (κ2) is 7.46. The molecule has 0 spiro atoms. The number of amides is 2. The molecule has 10 heteroatoms. The van der Waals surface area contributed by atoms with Crippen molar-refractivity contribution >= 4 is 17.6 Å². The van der Waals surface area contributed by atoms with Gasteiger partial charge in [0.15, 0.2) is 0 Å². The lowest BCUT2D eigenvalue weighted by Gasteiger charge is -2.34. The van der Waals surface area contributed by atoms with Gasteiger partial charge in [0.25, 0.3) is 0 Å². The molecule has 7 nitrogen and oxygen atoms in total. The number of alkyl halides is 3. The van der Waals surface area contributed by atoms with Crippen molar-refractivity contribution in [3.63, 3.8) is 0 Å². The number of hydrogen-bond acceptors (Lipinski definition) is 5. The third kappa shape index (κ3) is 4.41. The molecule has 0 radical (unpaired) electrons. The summed E-state index contributed by atoms with van der Waals surface area (Å²) in [5, 5.41) is 5.65. The fourth-order valence-corrected chi connectivity index (χ4v) is 3.25. The smallest absolute Gasteiger partial charge is 0.356 e. The fourth-order valence-electron chi connectivity index (χ4n) is 3.25. The second-order valence-electron chi connectivity index (χ2n) is 6.57. The Morgan fingerprint density at radius 2 is 1.96 bits per heavy atom. The minimum absolute atomic E-state index is 0.0485. The highest BCUT2D eigenvalue weighted by atomic mass is 19.4. The van der Waals surface area contributed by atoms with Crippen LogP contribution in [-0.4, -0.2) is 47.5 Å². The maximum absolute atomic E-state index is 12.8. The molecular weight excluding hydrogens is 351 g/mol. The van der Waals surface area contributed by atoms with E-state index in [4.69, 9.17) is 0 Å². The van der Waals surface area contributed by atoms with Crippen LogP contribution < -0.4 is 15.5 Å². The van der Waals surface area contributed by atoms with E-state index in [-0.39, 0.29) is 36.0 Å². The van der Waals surface area contributed by atoms with Crippen LogP contribution >= 0.6 is 0 Å². The van der Waals surface area contributed by atoms with Crippen LogP contribution in [-0.2, 0) is 15.8 Å². The normalized spacial score (nSPS) is 22.0. The van der Waals surface area contributed by atoms with Gasteiger partial charge in [-0.25, -0.2) is 9.97 Å². The van der Waals surface area contributed by atoms with E-state index >= 15 is 0 Å². The Morgan fingerprint density at radius 1 is 1.23 bits per heavy atom. The summed E-state index contributed by atoms with van der Waals surface area (Å²) >= 11 is 0. The summed E-state index contributed by atoms with van der Waals surface area (Å²) in [5.41, 5.74) is -0.964. The maximum atomic E-state index is 12.8. The monoisotopic (exact) mass is 371 g/mol. The number of halogens is 3. The molecule has 2 aliphatic heterocycles. The van der Waals surface area contributed by atoms with Gasteiger partial charge in [0.2, 0.25) is 11.8 Å². The lowest BCUT2D eigenvalue weighted by atomic mass is 9.95. The topological polar surface area (TPSA) is 87.2 Å². The predicted octanol–water partition coefficient (Wildman–Crippen LogP) is 1.11. The molecule has 0 aromatic carbocycles. The number of carbonyl (C=O) groups is 2. The van der Waals surface area contributed by atoms with Crippen molar-refractivity contribution in [2.45, 2.75) is 37.9 Å². The third-order valence-corrected chi connectivity index (χ3v) is 4.73. The molecule has 0 aliphatic carbocycles. The Bertz CT molecular complexity index is 674. The summed E-state index contributed by atoms with van der Waals surface area (Å²) < 4.78 is 38.3. The first-order chi connectivity index (χ1) is 12.3. The van der Waals surface area contributed by atoms with Gasteiger partial charge < -0.3 is 15.5 Å². The summed E-state index contributed by atoms with van der Waals surface area (Å²) in [6.45, 7) is 1.49. The number of rotatable bonds is 3. The van der Waals surface area contributed by atoms with E-state index in [1.54, 1.807) is 4.90 Å². The molecule has 142 valence electrons. The largest absolute Gasteiger partial charge is 0.433 e. The van der Waals surface area contributed by atoms with Crippen LogP contribution in [0, 0.1) is 5.92 Å². The molecule has 0 unspecified atom stereocenters. The Balaban J connectivity index is 1.53. The minimum atomic E-state index is -4.50. The number of hydrogen-bond donors (Lipinski definition) is 2. The quantitative estimate of drug-likeness (QED) is 0.831. The molecule has 0 saturated carbocycles. The summed E-state index contributed by atoms with van der Waals surface area (Å²) in [5.74, 6) is -0.311. The van der Waals surface area contributed by atoms with Crippen LogP contribution in [0.2, 0.25) is 0 Å². The van der Waals surface area contributed by atoms with Crippen molar-refractivity contribution in [3.8, 4) is 0 Å². The van der Waals surface area contributed by atoms with Crippen molar-refractivity contribution < 1.29 is 22.8 Å². The second-order valence-corrected chi connectivity index (χ2v) is 6.57. The van der Waals surface area contributed by atoms with Gasteiger partial charge in [-0.2, -0.15) is 13.2 Å². The van der Waals surface area contributed by atoms with Crippen molar-refractivity contribution in [2.75, 3.05) is 24.5 Å². The average Bonchev–Trinajstić information content (AvgIpc) is 2.62. The molecule has 2 saturated heterocycles. The SMILES string of the molecule is O=C1C[C@H](C(=O)NC2CCN(c3cc(C(F)(F)F)ncn3)CC2)CCN1. The number of anilines is 1. The highest BCUT2D eigenvalue weighted by Gasteiger charge is 2.34. The first-order valence-electron chi connectivity index (χ1n) is 8.54. The van der Waals surface area contributed by atoms with E-state index in [9.17, 15) is 22.8 Å². The molecule has 2 N–H and O–H groups in total. The van der Waals surface area contributed by atoms with Gasteiger partial charge in [-0.05, 0) is 19.3 Å².